The standard InChI is InChI=1S/C22H39NO3/c1-16(2)8-7-9-18(5)26-20-11-10-19(21(14-20)25-6)12-13-22(23,15-24)17(3)4/h10-11,14,16-18,24H,7-9,12-13,15,23H2,1-6H3/t18?,22-/m1/s1. The zero-order valence-electron chi connectivity index (χ0n) is 17.5. The van der Waals surface area contributed by atoms with Gasteiger partial charge in [0.25, 0.3) is 0 Å². The van der Waals surface area contributed by atoms with Crippen LogP contribution in [0.25, 0.3) is 0 Å². The summed E-state index contributed by atoms with van der Waals surface area (Å²) in [6, 6.07) is 6.01. The quantitative estimate of drug-likeness (QED) is 0.569. The average molecular weight is 366 g/mol. The van der Waals surface area contributed by atoms with Crippen LogP contribution in [0, 0.1) is 11.8 Å². The Morgan fingerprint density at radius 2 is 1.81 bits per heavy atom. The van der Waals surface area contributed by atoms with E-state index in [0.717, 1.165) is 35.8 Å². The van der Waals surface area contributed by atoms with E-state index in [-0.39, 0.29) is 18.6 Å². The number of rotatable bonds is 12. The van der Waals surface area contributed by atoms with Crippen LogP contribution < -0.4 is 15.2 Å². The molecule has 1 aromatic rings. The topological polar surface area (TPSA) is 64.7 Å². The van der Waals surface area contributed by atoms with Crippen molar-refractivity contribution in [2.24, 2.45) is 17.6 Å². The van der Waals surface area contributed by atoms with Gasteiger partial charge in [-0.25, -0.2) is 0 Å². The number of aliphatic hydroxyl groups is 1. The van der Waals surface area contributed by atoms with Gasteiger partial charge in [0.2, 0.25) is 0 Å². The third kappa shape index (κ3) is 7.16. The normalized spacial score (nSPS) is 15.2. The fraction of sp³-hybridized carbons (Fsp3) is 0.727. The number of aliphatic hydroxyl groups excluding tert-OH is 1. The highest BCUT2D eigenvalue weighted by Crippen LogP contribution is 2.29. The van der Waals surface area contributed by atoms with Gasteiger partial charge in [-0.15, -0.1) is 0 Å². The second kappa shape index (κ2) is 10.8. The lowest BCUT2D eigenvalue weighted by atomic mass is 9.83. The molecule has 4 nitrogen and oxygen atoms in total. The predicted octanol–water partition coefficient (Wildman–Crippen LogP) is 4.57. The van der Waals surface area contributed by atoms with Gasteiger partial charge < -0.3 is 20.3 Å². The summed E-state index contributed by atoms with van der Waals surface area (Å²) in [5, 5.41) is 9.63. The molecule has 26 heavy (non-hydrogen) atoms. The summed E-state index contributed by atoms with van der Waals surface area (Å²) in [6.07, 6.45) is 5.14. The Bertz CT molecular complexity index is 530. The second-order valence-corrected chi connectivity index (χ2v) is 8.27. The molecule has 1 rings (SSSR count). The van der Waals surface area contributed by atoms with Crippen molar-refractivity contribution in [1.82, 2.24) is 0 Å². The lowest BCUT2D eigenvalue weighted by Gasteiger charge is -2.31. The van der Waals surface area contributed by atoms with E-state index in [0.29, 0.717) is 6.42 Å². The van der Waals surface area contributed by atoms with E-state index in [2.05, 4.69) is 20.8 Å². The lowest BCUT2D eigenvalue weighted by Crippen LogP contribution is -2.48. The summed E-state index contributed by atoms with van der Waals surface area (Å²) in [5.74, 6) is 2.61. The molecule has 0 bridgehead atoms. The molecule has 0 aliphatic carbocycles. The van der Waals surface area contributed by atoms with Crippen molar-refractivity contribution in [3.8, 4) is 11.5 Å². The number of aryl methyl sites for hydroxylation is 1. The Labute approximate surface area is 160 Å². The van der Waals surface area contributed by atoms with Crippen LogP contribution in [0.1, 0.15) is 65.9 Å². The van der Waals surface area contributed by atoms with Gasteiger partial charge in [-0.2, -0.15) is 0 Å². The Hall–Kier alpha value is -1.26. The summed E-state index contributed by atoms with van der Waals surface area (Å²) < 4.78 is 11.6. The predicted molar refractivity (Wildman–Crippen MR) is 109 cm³/mol. The number of benzene rings is 1. The van der Waals surface area contributed by atoms with Crippen molar-refractivity contribution in [1.29, 1.82) is 0 Å². The third-order valence-corrected chi connectivity index (χ3v) is 5.29. The van der Waals surface area contributed by atoms with Crippen LogP contribution in [0.2, 0.25) is 0 Å². The smallest absolute Gasteiger partial charge is 0.125 e. The molecule has 0 heterocycles. The monoisotopic (exact) mass is 365 g/mol. The molecule has 1 unspecified atom stereocenters. The summed E-state index contributed by atoms with van der Waals surface area (Å²) in [5.41, 5.74) is 6.86. The molecule has 0 aliphatic rings. The molecule has 0 aliphatic heterocycles. The maximum atomic E-state index is 9.63. The number of ether oxygens (including phenoxy) is 2. The Kier molecular flexibility index (Phi) is 9.45. The molecule has 0 radical (unpaired) electrons. The summed E-state index contributed by atoms with van der Waals surface area (Å²) in [7, 11) is 1.68. The van der Waals surface area contributed by atoms with Gasteiger partial charge >= 0.3 is 0 Å². The molecule has 0 amide bonds. The fourth-order valence-corrected chi connectivity index (χ4v) is 3.03. The minimum atomic E-state index is -0.564. The molecular formula is C22H39NO3. The van der Waals surface area contributed by atoms with Crippen LogP contribution in [0.5, 0.6) is 11.5 Å². The van der Waals surface area contributed by atoms with Crippen LogP contribution in [0.3, 0.4) is 0 Å². The first kappa shape index (κ1) is 22.8. The van der Waals surface area contributed by atoms with Crippen molar-refractivity contribution in [2.45, 2.75) is 78.4 Å². The van der Waals surface area contributed by atoms with E-state index in [1.54, 1.807) is 7.11 Å². The van der Waals surface area contributed by atoms with Crippen LogP contribution in [-0.2, 0) is 6.42 Å². The Morgan fingerprint density at radius 1 is 1.12 bits per heavy atom. The van der Waals surface area contributed by atoms with Crippen molar-refractivity contribution in [3.63, 3.8) is 0 Å². The minimum absolute atomic E-state index is 0.0118. The molecule has 150 valence electrons. The molecule has 3 N–H and O–H groups in total. The highest BCUT2D eigenvalue weighted by atomic mass is 16.5. The van der Waals surface area contributed by atoms with Crippen LogP contribution in [0.15, 0.2) is 18.2 Å². The molecule has 0 saturated carbocycles. The van der Waals surface area contributed by atoms with Crippen LogP contribution >= 0.6 is 0 Å². The van der Waals surface area contributed by atoms with Gasteiger partial charge in [0, 0.05) is 11.6 Å². The van der Waals surface area contributed by atoms with Crippen molar-refractivity contribution < 1.29 is 14.6 Å². The first-order valence-electron chi connectivity index (χ1n) is 9.95. The Morgan fingerprint density at radius 3 is 2.35 bits per heavy atom. The van der Waals surface area contributed by atoms with Crippen molar-refractivity contribution in [2.75, 3.05) is 13.7 Å². The first-order chi connectivity index (χ1) is 12.2. The molecule has 0 fully saturated rings. The van der Waals surface area contributed by atoms with Crippen molar-refractivity contribution in [3.05, 3.63) is 23.8 Å². The zero-order valence-corrected chi connectivity index (χ0v) is 17.5. The number of methoxy groups -OCH3 is 1. The summed E-state index contributed by atoms with van der Waals surface area (Å²) in [4.78, 5) is 0. The SMILES string of the molecule is COc1cc(OC(C)CCCC(C)C)ccc1CC[C@@](N)(CO)C(C)C. The van der Waals surface area contributed by atoms with Gasteiger partial charge in [-0.05, 0) is 56.1 Å². The van der Waals surface area contributed by atoms with Gasteiger partial charge in [0.1, 0.15) is 11.5 Å². The maximum Gasteiger partial charge on any atom is 0.125 e. The molecule has 4 heteroatoms. The van der Waals surface area contributed by atoms with E-state index < -0.39 is 5.54 Å². The third-order valence-electron chi connectivity index (χ3n) is 5.29. The summed E-state index contributed by atoms with van der Waals surface area (Å²) >= 11 is 0. The maximum absolute atomic E-state index is 9.63. The first-order valence-corrected chi connectivity index (χ1v) is 9.95. The number of nitrogens with two attached hydrogens (primary N) is 1. The number of hydrogen-bond acceptors (Lipinski definition) is 4. The van der Waals surface area contributed by atoms with Gasteiger partial charge in [0.15, 0.2) is 0 Å². The van der Waals surface area contributed by atoms with Crippen molar-refractivity contribution >= 4 is 0 Å². The van der Waals surface area contributed by atoms with Crippen LogP contribution in [-0.4, -0.2) is 30.5 Å². The highest BCUT2D eigenvalue weighted by molar-refractivity contribution is 5.41. The summed E-state index contributed by atoms with van der Waals surface area (Å²) in [6.45, 7) is 10.7. The second-order valence-electron chi connectivity index (χ2n) is 8.27. The molecular weight excluding hydrogens is 326 g/mol. The van der Waals surface area contributed by atoms with E-state index in [1.165, 1.54) is 12.8 Å². The molecule has 0 saturated heterocycles. The highest BCUT2D eigenvalue weighted by Gasteiger charge is 2.28. The lowest BCUT2D eigenvalue weighted by molar-refractivity contribution is 0.146. The molecule has 1 aromatic carbocycles. The molecule has 2 atom stereocenters. The van der Waals surface area contributed by atoms with Gasteiger partial charge in [-0.1, -0.05) is 40.2 Å². The van der Waals surface area contributed by atoms with Gasteiger partial charge in [0.05, 0.1) is 19.8 Å². The Balaban J connectivity index is 2.69. The zero-order chi connectivity index (χ0) is 19.7. The average Bonchev–Trinajstić information content (AvgIpc) is 2.59. The van der Waals surface area contributed by atoms with E-state index in [4.69, 9.17) is 15.2 Å². The van der Waals surface area contributed by atoms with Crippen LogP contribution in [0.4, 0.5) is 0 Å². The largest absolute Gasteiger partial charge is 0.496 e. The van der Waals surface area contributed by atoms with E-state index in [1.807, 2.05) is 32.0 Å². The minimum Gasteiger partial charge on any atom is -0.496 e. The fourth-order valence-electron chi connectivity index (χ4n) is 3.03. The van der Waals surface area contributed by atoms with E-state index in [9.17, 15) is 5.11 Å². The van der Waals surface area contributed by atoms with Gasteiger partial charge in [-0.3, -0.25) is 0 Å². The molecule has 0 aromatic heterocycles. The molecule has 0 spiro atoms. The van der Waals surface area contributed by atoms with E-state index >= 15 is 0 Å². The number of hydrogen-bond donors (Lipinski definition) is 2.